The number of hydrogen-bond donors (Lipinski definition) is 1. The minimum atomic E-state index is -3.96. The fourth-order valence-corrected chi connectivity index (χ4v) is 7.55. The van der Waals surface area contributed by atoms with Crippen LogP contribution in [0, 0.1) is 0 Å². The third-order valence-corrected chi connectivity index (χ3v) is 10.9. The molecule has 3 heterocycles. The largest absolute Gasteiger partial charge is 0.383 e. The number of methoxy groups -OCH3 is 1. The molecule has 1 N–H and O–H groups in total. The van der Waals surface area contributed by atoms with Gasteiger partial charge in [-0.15, -0.1) is 0 Å². The number of aromatic nitrogens is 1. The Hall–Kier alpha value is -3.51. The lowest BCUT2D eigenvalue weighted by molar-refractivity contribution is -0.129. The van der Waals surface area contributed by atoms with Crippen molar-refractivity contribution in [1.82, 2.24) is 23.4 Å². The summed E-state index contributed by atoms with van der Waals surface area (Å²) in [4.78, 5) is 31.6. The number of ether oxygens (including phenoxy) is 1. The Kier molecular flexibility index (Phi) is 9.15. The van der Waals surface area contributed by atoms with Crippen molar-refractivity contribution in [1.29, 1.82) is 0 Å². The van der Waals surface area contributed by atoms with Crippen LogP contribution < -0.4 is 4.72 Å². The van der Waals surface area contributed by atoms with E-state index >= 15 is 0 Å². The van der Waals surface area contributed by atoms with Crippen molar-refractivity contribution in [3.63, 3.8) is 0 Å². The minimum Gasteiger partial charge on any atom is -0.383 e. The lowest BCUT2D eigenvalue weighted by Gasteiger charge is -2.35. The number of fused-ring (bicyclic) bond motifs is 5. The van der Waals surface area contributed by atoms with Crippen LogP contribution in [0.4, 0.5) is 0 Å². The average Bonchev–Trinajstić information content (AvgIpc) is 3.26. The SMILES string of the molecule is COCCN1CCN(C(=O)C2=Cc3ccccc3-c3c(C4CCCCC4)c4ccc(C(=O)NS(=O)(=O)N(C)C)cc4n3C2)CC1. The van der Waals surface area contributed by atoms with Gasteiger partial charge < -0.3 is 14.2 Å². The Morgan fingerprint density at radius 1 is 1.00 bits per heavy atom. The first-order valence-electron chi connectivity index (χ1n) is 15.9. The van der Waals surface area contributed by atoms with Crippen LogP contribution >= 0.6 is 0 Å². The van der Waals surface area contributed by atoms with E-state index in [1.807, 2.05) is 29.2 Å². The maximum Gasteiger partial charge on any atom is 0.303 e. The van der Waals surface area contributed by atoms with Crippen LogP contribution in [0.1, 0.15) is 59.5 Å². The Labute approximate surface area is 265 Å². The molecule has 1 saturated heterocycles. The Morgan fingerprint density at radius 2 is 1.73 bits per heavy atom. The first kappa shape index (κ1) is 31.5. The van der Waals surface area contributed by atoms with E-state index in [0.29, 0.717) is 37.7 Å². The average molecular weight is 634 g/mol. The lowest BCUT2D eigenvalue weighted by atomic mass is 9.81. The molecule has 11 heteroatoms. The standard InChI is InChI=1S/C34H43N5O5S/c1-36(2)45(42,43)35-33(40)26-13-14-29-30(22-26)39-23-27(34(41)38-17-15-37(16-18-38)19-20-44-3)21-25-11-7-8-12-28(25)32(39)31(29)24-9-5-4-6-10-24/h7-8,11-14,21-22,24H,4-6,9-10,15-20,23H2,1-3H3,(H,35,40). The summed E-state index contributed by atoms with van der Waals surface area (Å²) >= 11 is 0. The molecule has 1 saturated carbocycles. The van der Waals surface area contributed by atoms with Gasteiger partial charge in [-0.05, 0) is 48.1 Å². The van der Waals surface area contributed by atoms with Gasteiger partial charge in [-0.2, -0.15) is 12.7 Å². The van der Waals surface area contributed by atoms with Gasteiger partial charge in [0, 0.05) is 81.5 Å². The topological polar surface area (TPSA) is 104 Å². The van der Waals surface area contributed by atoms with E-state index in [1.165, 1.54) is 38.9 Å². The molecule has 0 bridgehead atoms. The molecular formula is C34H43N5O5S. The molecule has 1 aromatic heterocycles. The highest BCUT2D eigenvalue weighted by atomic mass is 32.2. The zero-order valence-electron chi connectivity index (χ0n) is 26.4. The molecule has 0 atom stereocenters. The molecule has 6 rings (SSSR count). The van der Waals surface area contributed by atoms with Crippen LogP contribution in [0.2, 0.25) is 0 Å². The first-order chi connectivity index (χ1) is 21.7. The Bertz CT molecular complexity index is 1730. The van der Waals surface area contributed by atoms with Gasteiger partial charge in [-0.25, -0.2) is 4.72 Å². The number of amides is 2. The summed E-state index contributed by atoms with van der Waals surface area (Å²) in [7, 11) is 0.504. The van der Waals surface area contributed by atoms with Crippen molar-refractivity contribution >= 4 is 39.0 Å². The van der Waals surface area contributed by atoms with Crippen molar-refractivity contribution in [3.8, 4) is 11.3 Å². The van der Waals surface area contributed by atoms with Gasteiger partial charge >= 0.3 is 10.2 Å². The number of hydrogen-bond acceptors (Lipinski definition) is 6. The van der Waals surface area contributed by atoms with Crippen molar-refractivity contribution in [2.45, 2.75) is 44.6 Å². The Balaban J connectivity index is 1.44. The normalized spacial score (nSPS) is 18.0. The molecule has 3 aliphatic rings. The van der Waals surface area contributed by atoms with Crippen LogP contribution in [0.5, 0.6) is 0 Å². The van der Waals surface area contributed by atoms with Gasteiger partial charge in [-0.1, -0.05) is 49.6 Å². The van der Waals surface area contributed by atoms with Gasteiger partial charge in [-0.3, -0.25) is 14.5 Å². The van der Waals surface area contributed by atoms with Gasteiger partial charge in [0.15, 0.2) is 0 Å². The van der Waals surface area contributed by atoms with Crippen LogP contribution in [0.15, 0.2) is 48.0 Å². The monoisotopic (exact) mass is 633 g/mol. The molecule has 0 unspecified atom stereocenters. The zero-order chi connectivity index (χ0) is 31.7. The molecule has 10 nitrogen and oxygen atoms in total. The fraction of sp³-hybridized carbons (Fsp3) is 0.471. The third-order valence-electron chi connectivity index (χ3n) is 9.50. The van der Waals surface area contributed by atoms with Crippen molar-refractivity contribution in [3.05, 3.63) is 64.7 Å². The molecule has 240 valence electrons. The van der Waals surface area contributed by atoms with E-state index in [9.17, 15) is 18.0 Å². The third kappa shape index (κ3) is 6.31. The van der Waals surface area contributed by atoms with Gasteiger partial charge in [0.05, 0.1) is 18.8 Å². The summed E-state index contributed by atoms with van der Waals surface area (Å²) in [5, 5.41) is 1.05. The summed E-state index contributed by atoms with van der Waals surface area (Å²) in [6.45, 7) is 4.79. The smallest absolute Gasteiger partial charge is 0.303 e. The zero-order valence-corrected chi connectivity index (χ0v) is 27.2. The van der Waals surface area contributed by atoms with E-state index in [-0.39, 0.29) is 11.5 Å². The Morgan fingerprint density at radius 3 is 2.44 bits per heavy atom. The number of benzene rings is 2. The van der Waals surface area contributed by atoms with E-state index < -0.39 is 16.1 Å². The summed E-state index contributed by atoms with van der Waals surface area (Å²) < 4.78 is 35.5. The fourth-order valence-electron chi connectivity index (χ4n) is 7.01. The maximum absolute atomic E-state index is 14.2. The molecule has 3 aromatic rings. The van der Waals surface area contributed by atoms with Crippen LogP contribution in [-0.2, 0) is 26.3 Å². The maximum atomic E-state index is 14.2. The van der Waals surface area contributed by atoms with E-state index in [2.05, 4.69) is 26.3 Å². The second kappa shape index (κ2) is 13.1. The summed E-state index contributed by atoms with van der Waals surface area (Å²) in [5.41, 5.74) is 6.22. The van der Waals surface area contributed by atoms with Crippen LogP contribution in [-0.4, -0.2) is 99.4 Å². The number of nitrogens with zero attached hydrogens (tertiary/aromatic N) is 4. The van der Waals surface area contributed by atoms with Crippen molar-refractivity contribution < 1.29 is 22.7 Å². The van der Waals surface area contributed by atoms with Gasteiger partial charge in [0.2, 0.25) is 0 Å². The number of nitrogens with one attached hydrogen (secondary N) is 1. The van der Waals surface area contributed by atoms with Gasteiger partial charge in [0.25, 0.3) is 11.8 Å². The number of carbonyl (C=O) groups is 2. The second-order valence-electron chi connectivity index (χ2n) is 12.5. The second-order valence-corrected chi connectivity index (χ2v) is 14.4. The van der Waals surface area contributed by atoms with Crippen LogP contribution in [0.3, 0.4) is 0 Å². The molecule has 0 radical (unpaired) electrons. The predicted molar refractivity (Wildman–Crippen MR) is 176 cm³/mol. The van der Waals surface area contributed by atoms with Crippen molar-refractivity contribution in [2.75, 3.05) is 60.5 Å². The highest BCUT2D eigenvalue weighted by Crippen LogP contribution is 2.46. The first-order valence-corrected chi connectivity index (χ1v) is 17.3. The molecule has 45 heavy (non-hydrogen) atoms. The molecule has 2 amide bonds. The molecule has 0 spiro atoms. The van der Waals surface area contributed by atoms with Crippen LogP contribution in [0.25, 0.3) is 28.2 Å². The highest BCUT2D eigenvalue weighted by Gasteiger charge is 2.32. The molecular weight excluding hydrogens is 590 g/mol. The van der Waals surface area contributed by atoms with E-state index in [1.54, 1.807) is 19.2 Å². The van der Waals surface area contributed by atoms with Crippen molar-refractivity contribution in [2.24, 2.45) is 0 Å². The van der Waals surface area contributed by atoms with Gasteiger partial charge in [0.1, 0.15) is 0 Å². The lowest BCUT2D eigenvalue weighted by Crippen LogP contribution is -2.49. The molecule has 2 aliphatic heterocycles. The molecule has 2 aromatic carbocycles. The highest BCUT2D eigenvalue weighted by molar-refractivity contribution is 7.87. The summed E-state index contributed by atoms with van der Waals surface area (Å²) in [5.74, 6) is -0.305. The summed E-state index contributed by atoms with van der Waals surface area (Å²) in [6, 6.07) is 13.7. The quantitative estimate of drug-likeness (QED) is 0.401. The van der Waals surface area contributed by atoms with E-state index in [0.717, 1.165) is 64.5 Å². The molecule has 1 aliphatic carbocycles. The van der Waals surface area contributed by atoms with E-state index in [4.69, 9.17) is 4.74 Å². The number of piperazine rings is 1. The minimum absolute atomic E-state index is 0.0242. The number of rotatable bonds is 8. The number of carbonyl (C=O) groups excluding carboxylic acids is 2. The summed E-state index contributed by atoms with van der Waals surface area (Å²) in [6.07, 6.45) is 7.77. The molecule has 2 fully saturated rings. The predicted octanol–water partition coefficient (Wildman–Crippen LogP) is 4.08.